The van der Waals surface area contributed by atoms with E-state index < -0.39 is 36.3 Å². The van der Waals surface area contributed by atoms with Gasteiger partial charge in [0.25, 0.3) is 0 Å². The molecule has 5 atom stereocenters. The van der Waals surface area contributed by atoms with Crippen LogP contribution in [-0.2, 0) is 21.7 Å². The van der Waals surface area contributed by atoms with Crippen LogP contribution >= 0.6 is 11.6 Å². The van der Waals surface area contributed by atoms with E-state index in [2.05, 4.69) is 0 Å². The molecule has 1 unspecified atom stereocenters. The van der Waals surface area contributed by atoms with E-state index >= 15 is 0 Å². The number of benzene rings is 2. The Balaban J connectivity index is 1.66. The maximum Gasteiger partial charge on any atom is 0.225 e. The van der Waals surface area contributed by atoms with Crippen LogP contribution < -0.4 is 4.74 Å². The molecule has 0 saturated carbocycles. The fraction of sp³-hybridized carbons (Fsp3) is 0.455. The summed E-state index contributed by atoms with van der Waals surface area (Å²) in [7, 11) is 0. The van der Waals surface area contributed by atoms with Crippen LogP contribution in [0, 0.1) is 0 Å². The minimum Gasteiger partial charge on any atom is -0.494 e. The number of aliphatic hydroxyl groups excluding tert-OH is 4. The molecule has 2 aromatic carbocycles. The predicted octanol–water partition coefficient (Wildman–Crippen LogP) is 1.36. The Bertz CT molecular complexity index is 905. The highest BCUT2D eigenvalue weighted by Crippen LogP contribution is 2.49. The molecule has 162 valence electrons. The van der Waals surface area contributed by atoms with Crippen molar-refractivity contribution in [3.63, 3.8) is 0 Å². The molecule has 0 radical (unpaired) electrons. The highest BCUT2D eigenvalue weighted by molar-refractivity contribution is 6.31. The average molecular weight is 437 g/mol. The zero-order valence-corrected chi connectivity index (χ0v) is 17.2. The summed E-state index contributed by atoms with van der Waals surface area (Å²) < 4.78 is 17.1. The minimum atomic E-state index is -1.71. The molecule has 0 spiro atoms. The zero-order chi connectivity index (χ0) is 21.5. The molecule has 4 rings (SSSR count). The van der Waals surface area contributed by atoms with Gasteiger partial charge in [-0.05, 0) is 48.7 Å². The number of aliphatic hydroxyl groups is 4. The molecular formula is C22H25ClO7. The standard InChI is InChI=1S/C22H25ClO7/c1-2-28-16-6-3-13(4-7-16)9-14-10-15(5-8-17(14)23)22-20(27)18(25)19(26)21(11-24,30-22)12-29-22/h3-8,10,18-20,24-27H,2,9,11-12H2,1H3/t18-,19?,20+,21-,22-/m0/s1. The molecule has 4 N–H and O–H groups in total. The van der Waals surface area contributed by atoms with Gasteiger partial charge in [-0.25, -0.2) is 0 Å². The summed E-state index contributed by atoms with van der Waals surface area (Å²) in [5.41, 5.74) is 0.719. The zero-order valence-electron chi connectivity index (χ0n) is 16.5. The second-order valence-electron chi connectivity index (χ2n) is 7.72. The van der Waals surface area contributed by atoms with E-state index in [1.165, 1.54) is 0 Å². The van der Waals surface area contributed by atoms with E-state index in [0.717, 1.165) is 16.9 Å². The van der Waals surface area contributed by atoms with Crippen LogP contribution in [-0.4, -0.2) is 64.2 Å². The highest BCUT2D eigenvalue weighted by Gasteiger charge is 2.67. The average Bonchev–Trinajstić information content (AvgIpc) is 3.14. The van der Waals surface area contributed by atoms with Crippen molar-refractivity contribution in [3.8, 4) is 5.75 Å². The van der Waals surface area contributed by atoms with E-state index in [-0.39, 0.29) is 6.61 Å². The fourth-order valence-electron chi connectivity index (χ4n) is 4.09. The largest absolute Gasteiger partial charge is 0.494 e. The quantitative estimate of drug-likeness (QED) is 0.541. The van der Waals surface area contributed by atoms with Crippen LogP contribution in [0.25, 0.3) is 0 Å². The van der Waals surface area contributed by atoms with Gasteiger partial charge in [-0.2, -0.15) is 0 Å². The first kappa shape index (κ1) is 21.5. The van der Waals surface area contributed by atoms with Crippen molar-refractivity contribution in [1.82, 2.24) is 0 Å². The predicted molar refractivity (Wildman–Crippen MR) is 108 cm³/mol. The topological polar surface area (TPSA) is 109 Å². The van der Waals surface area contributed by atoms with Gasteiger partial charge in [0.05, 0.1) is 19.8 Å². The Morgan fingerprint density at radius 2 is 1.83 bits per heavy atom. The van der Waals surface area contributed by atoms with Crippen LogP contribution in [0.5, 0.6) is 5.75 Å². The van der Waals surface area contributed by atoms with Crippen molar-refractivity contribution >= 4 is 11.6 Å². The SMILES string of the molecule is CCOc1ccc(Cc2cc([C@]34OC[C@](CO)(O3)C(O)[C@H](O)[C@H]4O)ccc2Cl)cc1. The highest BCUT2D eigenvalue weighted by atomic mass is 35.5. The van der Waals surface area contributed by atoms with Crippen molar-refractivity contribution in [2.75, 3.05) is 19.8 Å². The van der Waals surface area contributed by atoms with Gasteiger partial charge in [0, 0.05) is 10.6 Å². The molecule has 2 saturated heterocycles. The molecular weight excluding hydrogens is 412 g/mol. The molecule has 0 aliphatic carbocycles. The van der Waals surface area contributed by atoms with Gasteiger partial charge >= 0.3 is 0 Å². The van der Waals surface area contributed by atoms with E-state index in [0.29, 0.717) is 23.6 Å². The molecule has 2 aromatic rings. The summed E-state index contributed by atoms with van der Waals surface area (Å²) in [5.74, 6) is -0.925. The molecule has 2 bridgehead atoms. The molecule has 30 heavy (non-hydrogen) atoms. The normalized spacial score (nSPS) is 32.9. The van der Waals surface area contributed by atoms with Crippen LogP contribution in [0.3, 0.4) is 0 Å². The van der Waals surface area contributed by atoms with Gasteiger partial charge in [-0.15, -0.1) is 0 Å². The summed E-state index contributed by atoms with van der Waals surface area (Å²) >= 11 is 6.41. The first-order chi connectivity index (χ1) is 14.3. The van der Waals surface area contributed by atoms with Gasteiger partial charge in [-0.1, -0.05) is 29.8 Å². The molecule has 0 amide bonds. The maximum absolute atomic E-state index is 10.7. The molecule has 2 aliphatic heterocycles. The Morgan fingerprint density at radius 3 is 2.50 bits per heavy atom. The van der Waals surface area contributed by atoms with Crippen molar-refractivity contribution in [2.45, 2.75) is 43.0 Å². The lowest BCUT2D eigenvalue weighted by Crippen LogP contribution is -2.65. The molecule has 0 aromatic heterocycles. The second-order valence-corrected chi connectivity index (χ2v) is 8.13. The first-order valence-corrected chi connectivity index (χ1v) is 10.2. The first-order valence-electron chi connectivity index (χ1n) is 9.85. The Labute approximate surface area is 179 Å². The third-order valence-electron chi connectivity index (χ3n) is 5.81. The van der Waals surface area contributed by atoms with Gasteiger partial charge in [-0.3, -0.25) is 0 Å². The number of rotatable bonds is 6. The van der Waals surface area contributed by atoms with Gasteiger partial charge in [0.15, 0.2) is 0 Å². The van der Waals surface area contributed by atoms with E-state index in [4.69, 9.17) is 25.8 Å². The molecule has 7 nitrogen and oxygen atoms in total. The summed E-state index contributed by atoms with van der Waals surface area (Å²) in [6.07, 6.45) is -4.06. The van der Waals surface area contributed by atoms with Gasteiger partial charge in [0.2, 0.25) is 5.79 Å². The second kappa shape index (κ2) is 8.09. The summed E-state index contributed by atoms with van der Waals surface area (Å²) in [4.78, 5) is 0. The van der Waals surface area contributed by atoms with Crippen LogP contribution in [0.1, 0.15) is 23.6 Å². The lowest BCUT2D eigenvalue weighted by molar-refractivity contribution is -0.329. The van der Waals surface area contributed by atoms with Crippen molar-refractivity contribution in [2.24, 2.45) is 0 Å². The molecule has 2 fully saturated rings. The number of halogens is 1. The third kappa shape index (κ3) is 3.40. The van der Waals surface area contributed by atoms with Gasteiger partial charge in [0.1, 0.15) is 29.7 Å². The van der Waals surface area contributed by atoms with Crippen LogP contribution in [0.4, 0.5) is 0 Å². The number of fused-ring (bicyclic) bond motifs is 2. The Kier molecular flexibility index (Phi) is 5.80. The Hall–Kier alpha value is -1.71. The van der Waals surface area contributed by atoms with Crippen molar-refractivity contribution in [1.29, 1.82) is 0 Å². The fourth-order valence-corrected chi connectivity index (χ4v) is 4.28. The van der Waals surface area contributed by atoms with Crippen molar-refractivity contribution in [3.05, 3.63) is 64.2 Å². The monoisotopic (exact) mass is 436 g/mol. The van der Waals surface area contributed by atoms with Gasteiger partial charge < -0.3 is 34.6 Å². The Morgan fingerprint density at radius 1 is 1.10 bits per heavy atom. The summed E-state index contributed by atoms with van der Waals surface area (Å²) in [6, 6.07) is 12.7. The van der Waals surface area contributed by atoms with Crippen LogP contribution in [0.15, 0.2) is 42.5 Å². The minimum absolute atomic E-state index is 0.171. The van der Waals surface area contributed by atoms with Crippen LogP contribution in [0.2, 0.25) is 5.02 Å². The molecule has 2 heterocycles. The smallest absolute Gasteiger partial charge is 0.225 e. The summed E-state index contributed by atoms with van der Waals surface area (Å²) in [5, 5.41) is 41.7. The maximum atomic E-state index is 10.7. The number of ether oxygens (including phenoxy) is 3. The van der Waals surface area contributed by atoms with E-state index in [1.807, 2.05) is 31.2 Å². The van der Waals surface area contributed by atoms with E-state index in [1.54, 1.807) is 18.2 Å². The lowest BCUT2D eigenvalue weighted by atomic mass is 9.83. The lowest BCUT2D eigenvalue weighted by Gasteiger charge is -2.46. The molecule has 2 aliphatic rings. The number of hydrogen-bond donors (Lipinski definition) is 4. The molecule has 8 heteroatoms. The van der Waals surface area contributed by atoms with E-state index in [9.17, 15) is 20.4 Å². The van der Waals surface area contributed by atoms with Crippen molar-refractivity contribution < 1.29 is 34.6 Å². The third-order valence-corrected chi connectivity index (χ3v) is 6.17. The number of hydrogen-bond acceptors (Lipinski definition) is 7. The summed E-state index contributed by atoms with van der Waals surface area (Å²) in [6.45, 7) is 1.78.